The number of hydrogen-bond acceptors (Lipinski definition) is 4. The fraction of sp³-hybridized carbons (Fsp3) is 0.211. The second-order valence-electron chi connectivity index (χ2n) is 6.03. The Morgan fingerprint density at radius 2 is 1.89 bits per heavy atom. The molecule has 3 aromatic rings. The largest absolute Gasteiger partial charge is 0.323 e. The van der Waals surface area contributed by atoms with Gasteiger partial charge in [0.05, 0.1) is 16.6 Å². The van der Waals surface area contributed by atoms with E-state index in [1.807, 2.05) is 42.7 Å². The van der Waals surface area contributed by atoms with E-state index in [0.717, 1.165) is 23.4 Å². The van der Waals surface area contributed by atoms with Gasteiger partial charge in [-0.2, -0.15) is 0 Å². The number of benzene rings is 2. The first kappa shape index (κ1) is 19.0. The summed E-state index contributed by atoms with van der Waals surface area (Å²) in [5, 5.41) is 10.7. The van der Waals surface area contributed by atoms with Crippen LogP contribution >= 0.6 is 11.8 Å². The predicted molar refractivity (Wildman–Crippen MR) is 101 cm³/mol. The first-order valence-corrected chi connectivity index (χ1v) is 9.15. The molecule has 1 atom stereocenters. The molecular formula is C19H18F2N4OS. The maximum absolute atomic E-state index is 13.7. The highest BCUT2D eigenvalue weighted by Gasteiger charge is 2.21. The molecule has 0 saturated carbocycles. The number of nitrogens with one attached hydrogen (secondary N) is 1. The number of halogens is 2. The summed E-state index contributed by atoms with van der Waals surface area (Å²) in [4.78, 5) is 12.4. The van der Waals surface area contributed by atoms with Gasteiger partial charge in [0.1, 0.15) is 17.5 Å². The average molecular weight is 388 g/mol. The minimum Gasteiger partial charge on any atom is -0.323 e. The summed E-state index contributed by atoms with van der Waals surface area (Å²) in [5.41, 5.74) is 1.91. The van der Waals surface area contributed by atoms with E-state index in [9.17, 15) is 13.6 Å². The monoisotopic (exact) mass is 388 g/mol. The van der Waals surface area contributed by atoms with E-state index in [1.165, 1.54) is 17.8 Å². The van der Waals surface area contributed by atoms with Gasteiger partial charge in [0.15, 0.2) is 5.16 Å². The van der Waals surface area contributed by atoms with Crippen LogP contribution in [-0.4, -0.2) is 25.9 Å². The van der Waals surface area contributed by atoms with Gasteiger partial charge in [-0.25, -0.2) is 8.78 Å². The number of amides is 1. The Morgan fingerprint density at radius 3 is 2.59 bits per heavy atom. The molecule has 0 aliphatic rings. The number of thioether (sulfide) groups is 1. The molecule has 1 N–H and O–H groups in total. The van der Waals surface area contributed by atoms with Crippen LogP contribution in [0.15, 0.2) is 47.6 Å². The molecule has 3 rings (SSSR count). The number of carbonyl (C=O) groups is 1. The first-order chi connectivity index (χ1) is 12.9. The smallest absolute Gasteiger partial charge is 0.237 e. The maximum atomic E-state index is 13.7. The third-order valence-electron chi connectivity index (χ3n) is 3.99. The Kier molecular flexibility index (Phi) is 5.55. The van der Waals surface area contributed by atoms with Crippen molar-refractivity contribution in [3.8, 4) is 5.69 Å². The molecule has 27 heavy (non-hydrogen) atoms. The summed E-state index contributed by atoms with van der Waals surface area (Å²) >= 11 is 1.21. The van der Waals surface area contributed by atoms with Crippen LogP contribution in [0.4, 0.5) is 14.5 Å². The van der Waals surface area contributed by atoms with Gasteiger partial charge < -0.3 is 5.32 Å². The summed E-state index contributed by atoms with van der Waals surface area (Å²) in [6.45, 7) is 5.51. The molecule has 0 aliphatic heterocycles. The number of carbonyl (C=O) groups excluding carboxylic acids is 1. The van der Waals surface area contributed by atoms with E-state index in [-0.39, 0.29) is 5.69 Å². The molecule has 0 aliphatic carbocycles. The van der Waals surface area contributed by atoms with E-state index < -0.39 is 22.8 Å². The van der Waals surface area contributed by atoms with Crippen molar-refractivity contribution in [1.29, 1.82) is 0 Å². The van der Waals surface area contributed by atoms with Gasteiger partial charge in [-0.15, -0.1) is 10.2 Å². The lowest BCUT2D eigenvalue weighted by Crippen LogP contribution is -2.23. The SMILES string of the molecule is Cc1ccccc1-n1c(C)nnc1SC(C)C(=O)Nc1ccc(F)cc1F. The Hall–Kier alpha value is -2.74. The minimum atomic E-state index is -0.820. The quantitative estimate of drug-likeness (QED) is 0.663. The fourth-order valence-electron chi connectivity index (χ4n) is 2.55. The lowest BCUT2D eigenvalue weighted by molar-refractivity contribution is -0.115. The van der Waals surface area contributed by atoms with Crippen molar-refractivity contribution in [1.82, 2.24) is 14.8 Å². The van der Waals surface area contributed by atoms with E-state index >= 15 is 0 Å². The number of nitrogens with zero attached hydrogens (tertiary/aromatic N) is 3. The van der Waals surface area contributed by atoms with Gasteiger partial charge in [-0.1, -0.05) is 30.0 Å². The van der Waals surface area contributed by atoms with Crippen molar-refractivity contribution in [2.45, 2.75) is 31.2 Å². The van der Waals surface area contributed by atoms with E-state index in [1.54, 1.807) is 6.92 Å². The summed E-state index contributed by atoms with van der Waals surface area (Å²) in [5.74, 6) is -1.24. The lowest BCUT2D eigenvalue weighted by Gasteiger charge is -2.14. The third-order valence-corrected chi connectivity index (χ3v) is 5.03. The summed E-state index contributed by atoms with van der Waals surface area (Å²) in [6.07, 6.45) is 0. The van der Waals surface area contributed by atoms with Crippen molar-refractivity contribution < 1.29 is 13.6 Å². The van der Waals surface area contributed by atoms with Crippen molar-refractivity contribution in [2.75, 3.05) is 5.32 Å². The molecular weight excluding hydrogens is 370 g/mol. The Labute approximate surface area is 159 Å². The lowest BCUT2D eigenvalue weighted by atomic mass is 10.2. The Morgan fingerprint density at radius 1 is 1.15 bits per heavy atom. The van der Waals surface area contributed by atoms with Crippen molar-refractivity contribution >= 4 is 23.4 Å². The van der Waals surface area contributed by atoms with Crippen molar-refractivity contribution in [3.63, 3.8) is 0 Å². The molecule has 140 valence electrons. The van der Waals surface area contributed by atoms with Gasteiger partial charge in [-0.05, 0) is 44.5 Å². The minimum absolute atomic E-state index is 0.0644. The standard InChI is InChI=1S/C19H18F2N4OS/c1-11-6-4-5-7-17(11)25-13(3)23-24-19(25)27-12(2)18(26)22-16-9-8-14(20)10-15(16)21/h4-10,12H,1-3H3,(H,22,26). The van der Waals surface area contributed by atoms with Crippen LogP contribution in [0.2, 0.25) is 0 Å². The zero-order chi connectivity index (χ0) is 19.6. The van der Waals surface area contributed by atoms with Crippen LogP contribution < -0.4 is 5.32 Å². The molecule has 2 aromatic carbocycles. The second-order valence-corrected chi connectivity index (χ2v) is 7.33. The van der Waals surface area contributed by atoms with Crippen LogP contribution in [0.25, 0.3) is 5.69 Å². The predicted octanol–water partition coefficient (Wildman–Crippen LogP) is 4.28. The number of hydrogen-bond donors (Lipinski definition) is 1. The molecule has 0 saturated heterocycles. The Bertz CT molecular complexity index is 990. The van der Waals surface area contributed by atoms with E-state index in [2.05, 4.69) is 15.5 Å². The van der Waals surface area contributed by atoms with E-state index in [0.29, 0.717) is 11.0 Å². The Balaban J connectivity index is 1.79. The zero-order valence-corrected chi connectivity index (χ0v) is 15.8. The van der Waals surface area contributed by atoms with Gasteiger partial charge >= 0.3 is 0 Å². The van der Waals surface area contributed by atoms with Crippen LogP contribution in [0.3, 0.4) is 0 Å². The van der Waals surface area contributed by atoms with Gasteiger partial charge in [0.25, 0.3) is 0 Å². The van der Waals surface area contributed by atoms with Gasteiger partial charge in [-0.3, -0.25) is 9.36 Å². The molecule has 1 aromatic heterocycles. The molecule has 0 bridgehead atoms. The van der Waals surface area contributed by atoms with Crippen LogP contribution in [0.1, 0.15) is 18.3 Å². The highest BCUT2D eigenvalue weighted by atomic mass is 32.2. The molecule has 1 amide bonds. The molecule has 0 spiro atoms. The van der Waals surface area contributed by atoms with Gasteiger partial charge in [0, 0.05) is 6.07 Å². The number of para-hydroxylation sites is 1. The van der Waals surface area contributed by atoms with Crippen LogP contribution in [0.5, 0.6) is 0 Å². The van der Waals surface area contributed by atoms with Crippen LogP contribution in [0, 0.1) is 25.5 Å². The zero-order valence-electron chi connectivity index (χ0n) is 15.0. The van der Waals surface area contributed by atoms with E-state index in [4.69, 9.17) is 0 Å². The molecule has 0 fully saturated rings. The fourth-order valence-corrected chi connectivity index (χ4v) is 3.45. The average Bonchev–Trinajstić information content (AvgIpc) is 2.98. The number of aryl methyl sites for hydroxylation is 2. The maximum Gasteiger partial charge on any atom is 0.237 e. The van der Waals surface area contributed by atoms with Gasteiger partial charge in [0.2, 0.25) is 5.91 Å². The number of aromatic nitrogens is 3. The second kappa shape index (κ2) is 7.87. The summed E-state index contributed by atoms with van der Waals surface area (Å²) < 4.78 is 28.6. The normalized spacial score (nSPS) is 12.0. The topological polar surface area (TPSA) is 59.8 Å². The first-order valence-electron chi connectivity index (χ1n) is 8.27. The number of rotatable bonds is 5. The molecule has 1 heterocycles. The number of anilines is 1. The molecule has 1 unspecified atom stereocenters. The van der Waals surface area contributed by atoms with Crippen molar-refractivity contribution in [3.05, 3.63) is 65.5 Å². The highest BCUT2D eigenvalue weighted by molar-refractivity contribution is 8.00. The van der Waals surface area contributed by atoms with Crippen LogP contribution in [-0.2, 0) is 4.79 Å². The highest BCUT2D eigenvalue weighted by Crippen LogP contribution is 2.28. The molecule has 0 radical (unpaired) electrons. The third kappa shape index (κ3) is 4.16. The van der Waals surface area contributed by atoms with Crippen molar-refractivity contribution in [2.24, 2.45) is 0 Å². The summed E-state index contributed by atoms with van der Waals surface area (Å²) in [6, 6.07) is 10.8. The molecule has 8 heteroatoms. The molecule has 5 nitrogen and oxygen atoms in total. The summed E-state index contributed by atoms with van der Waals surface area (Å²) in [7, 11) is 0.